The van der Waals surface area contributed by atoms with E-state index in [1.807, 2.05) is 0 Å². The Kier molecular flexibility index (Phi) is 9.99. The van der Waals surface area contributed by atoms with Crippen LogP contribution in [-0.2, 0) is 9.47 Å². The summed E-state index contributed by atoms with van der Waals surface area (Å²) in [7, 11) is 0. The maximum Gasteiger partial charge on any atom is 0.323 e. The van der Waals surface area contributed by atoms with Crippen molar-refractivity contribution in [2.75, 3.05) is 69.4 Å². The van der Waals surface area contributed by atoms with Crippen molar-refractivity contribution in [3.8, 4) is 6.01 Å². The molecule has 2 rings (SSSR count). The largest absolute Gasteiger partial charge is 0.463 e. The van der Waals surface area contributed by atoms with E-state index in [1.165, 1.54) is 12.8 Å². The minimum absolute atomic E-state index is 0.383. The molecule has 1 aromatic rings. The minimum Gasteiger partial charge on any atom is -0.463 e. The quantitative estimate of drug-likeness (QED) is 0.466. The van der Waals surface area contributed by atoms with Crippen molar-refractivity contribution in [3.05, 3.63) is 0 Å². The SMILES string of the molecule is CCCCOc1nc(NCCOCCOCCN)nc(N2CCCC2)n1. The van der Waals surface area contributed by atoms with Gasteiger partial charge in [-0.2, -0.15) is 15.0 Å². The van der Waals surface area contributed by atoms with Crippen molar-refractivity contribution >= 4 is 11.9 Å². The molecule has 26 heavy (non-hydrogen) atoms. The molecule has 1 fully saturated rings. The van der Waals surface area contributed by atoms with Crippen LogP contribution in [-0.4, -0.2) is 74.2 Å². The van der Waals surface area contributed by atoms with Gasteiger partial charge in [0.25, 0.3) is 0 Å². The number of aromatic nitrogens is 3. The number of unbranched alkanes of at least 4 members (excludes halogenated alkanes) is 1. The summed E-state index contributed by atoms with van der Waals surface area (Å²) in [5.74, 6) is 1.21. The fraction of sp³-hybridized carbons (Fsp3) is 0.824. The van der Waals surface area contributed by atoms with Gasteiger partial charge in [-0.1, -0.05) is 13.3 Å². The van der Waals surface area contributed by atoms with E-state index in [4.69, 9.17) is 19.9 Å². The van der Waals surface area contributed by atoms with E-state index in [0.29, 0.717) is 64.0 Å². The molecule has 0 amide bonds. The van der Waals surface area contributed by atoms with Gasteiger partial charge in [-0.15, -0.1) is 0 Å². The summed E-state index contributed by atoms with van der Waals surface area (Å²) in [4.78, 5) is 15.5. The first-order chi connectivity index (χ1) is 12.8. The number of hydrogen-bond acceptors (Lipinski definition) is 9. The van der Waals surface area contributed by atoms with Gasteiger partial charge in [0.1, 0.15) is 0 Å². The molecular formula is C17H32N6O3. The lowest BCUT2D eigenvalue weighted by Crippen LogP contribution is -2.22. The predicted molar refractivity (Wildman–Crippen MR) is 101 cm³/mol. The van der Waals surface area contributed by atoms with Crippen LogP contribution >= 0.6 is 0 Å². The van der Waals surface area contributed by atoms with E-state index in [1.54, 1.807) is 0 Å². The van der Waals surface area contributed by atoms with E-state index < -0.39 is 0 Å². The van der Waals surface area contributed by atoms with Crippen LogP contribution in [0.15, 0.2) is 0 Å². The average Bonchev–Trinajstić information content (AvgIpc) is 3.19. The molecule has 3 N–H and O–H groups in total. The standard InChI is InChI=1S/C17H32N6O3/c1-2-3-10-26-17-21-15(19-7-12-25-14-13-24-11-6-18)20-16(22-17)23-8-4-5-9-23/h2-14,18H2,1H3,(H,19,20,21,22). The fourth-order valence-electron chi connectivity index (χ4n) is 2.50. The smallest absolute Gasteiger partial charge is 0.323 e. The third kappa shape index (κ3) is 7.67. The Morgan fingerprint density at radius 3 is 2.50 bits per heavy atom. The number of ether oxygens (including phenoxy) is 3. The lowest BCUT2D eigenvalue weighted by Gasteiger charge is -2.17. The summed E-state index contributed by atoms with van der Waals surface area (Å²) in [6.07, 6.45) is 4.39. The molecule has 0 bridgehead atoms. The molecule has 1 saturated heterocycles. The first kappa shape index (κ1) is 20.6. The van der Waals surface area contributed by atoms with Gasteiger partial charge >= 0.3 is 6.01 Å². The molecule has 0 radical (unpaired) electrons. The summed E-state index contributed by atoms with van der Waals surface area (Å²) in [5.41, 5.74) is 5.35. The lowest BCUT2D eigenvalue weighted by molar-refractivity contribution is 0.0547. The molecule has 148 valence electrons. The highest BCUT2D eigenvalue weighted by molar-refractivity contribution is 5.39. The number of nitrogens with two attached hydrogens (primary N) is 1. The molecule has 0 saturated carbocycles. The van der Waals surface area contributed by atoms with Crippen LogP contribution in [0.25, 0.3) is 0 Å². The number of nitrogens with one attached hydrogen (secondary N) is 1. The minimum atomic E-state index is 0.383. The Labute approximate surface area is 155 Å². The zero-order chi connectivity index (χ0) is 18.5. The van der Waals surface area contributed by atoms with Crippen molar-refractivity contribution in [3.63, 3.8) is 0 Å². The fourth-order valence-corrected chi connectivity index (χ4v) is 2.50. The highest BCUT2D eigenvalue weighted by Gasteiger charge is 2.17. The van der Waals surface area contributed by atoms with Gasteiger partial charge in [-0.05, 0) is 19.3 Å². The van der Waals surface area contributed by atoms with Gasteiger partial charge < -0.3 is 30.2 Å². The monoisotopic (exact) mass is 368 g/mol. The Morgan fingerprint density at radius 1 is 1.00 bits per heavy atom. The summed E-state index contributed by atoms with van der Waals surface area (Å²) in [5, 5.41) is 3.19. The van der Waals surface area contributed by atoms with Gasteiger partial charge in [0.05, 0.1) is 33.0 Å². The number of anilines is 2. The molecule has 9 nitrogen and oxygen atoms in total. The molecule has 0 atom stereocenters. The predicted octanol–water partition coefficient (Wildman–Crippen LogP) is 1.05. The zero-order valence-corrected chi connectivity index (χ0v) is 15.8. The van der Waals surface area contributed by atoms with E-state index in [9.17, 15) is 0 Å². The Morgan fingerprint density at radius 2 is 1.77 bits per heavy atom. The van der Waals surface area contributed by atoms with Crippen molar-refractivity contribution in [2.24, 2.45) is 5.73 Å². The molecule has 2 heterocycles. The van der Waals surface area contributed by atoms with E-state index in [2.05, 4.69) is 32.1 Å². The first-order valence-corrected chi connectivity index (χ1v) is 9.56. The molecule has 0 unspecified atom stereocenters. The van der Waals surface area contributed by atoms with Crippen LogP contribution in [0.2, 0.25) is 0 Å². The summed E-state index contributed by atoms with van der Waals surface area (Å²) in [6, 6.07) is 0.383. The van der Waals surface area contributed by atoms with Crippen LogP contribution in [0.5, 0.6) is 6.01 Å². The highest BCUT2D eigenvalue weighted by Crippen LogP contribution is 2.19. The van der Waals surface area contributed by atoms with Crippen LogP contribution in [0, 0.1) is 0 Å². The van der Waals surface area contributed by atoms with Gasteiger partial charge in [-0.25, -0.2) is 0 Å². The molecule has 0 aromatic carbocycles. The van der Waals surface area contributed by atoms with Crippen molar-refractivity contribution < 1.29 is 14.2 Å². The Hall–Kier alpha value is -1.71. The molecule has 1 aliphatic heterocycles. The maximum absolute atomic E-state index is 5.68. The second kappa shape index (κ2) is 12.6. The van der Waals surface area contributed by atoms with Gasteiger partial charge in [0.15, 0.2) is 0 Å². The average molecular weight is 368 g/mol. The summed E-state index contributed by atoms with van der Waals surface area (Å²) >= 11 is 0. The van der Waals surface area contributed by atoms with Crippen LogP contribution < -0.4 is 20.7 Å². The van der Waals surface area contributed by atoms with Crippen LogP contribution in [0.3, 0.4) is 0 Å². The third-order valence-corrected chi connectivity index (χ3v) is 3.88. The second-order valence-corrected chi connectivity index (χ2v) is 6.08. The summed E-state index contributed by atoms with van der Waals surface area (Å²) < 4.78 is 16.4. The van der Waals surface area contributed by atoms with Crippen molar-refractivity contribution in [1.82, 2.24) is 15.0 Å². The van der Waals surface area contributed by atoms with Gasteiger partial charge in [0, 0.05) is 26.2 Å². The third-order valence-electron chi connectivity index (χ3n) is 3.88. The molecule has 0 spiro atoms. The van der Waals surface area contributed by atoms with Gasteiger partial charge in [0.2, 0.25) is 11.9 Å². The second-order valence-electron chi connectivity index (χ2n) is 6.08. The molecule has 9 heteroatoms. The topological polar surface area (TPSA) is 108 Å². The van der Waals surface area contributed by atoms with Gasteiger partial charge in [-0.3, -0.25) is 0 Å². The number of rotatable bonds is 14. The van der Waals surface area contributed by atoms with E-state index in [0.717, 1.165) is 25.9 Å². The Balaban J connectivity index is 1.81. The number of hydrogen-bond donors (Lipinski definition) is 2. The molecule has 1 aliphatic rings. The van der Waals surface area contributed by atoms with Crippen LogP contribution in [0.4, 0.5) is 11.9 Å². The first-order valence-electron chi connectivity index (χ1n) is 9.56. The van der Waals surface area contributed by atoms with E-state index >= 15 is 0 Å². The lowest BCUT2D eigenvalue weighted by atomic mass is 10.4. The number of nitrogens with zero attached hydrogens (tertiary/aromatic N) is 4. The maximum atomic E-state index is 5.68. The van der Waals surface area contributed by atoms with E-state index in [-0.39, 0.29) is 0 Å². The van der Waals surface area contributed by atoms with Crippen molar-refractivity contribution in [1.29, 1.82) is 0 Å². The Bertz CT molecular complexity index is 499. The summed E-state index contributed by atoms with van der Waals surface area (Å²) in [6.45, 7) is 8.03. The van der Waals surface area contributed by atoms with Crippen LogP contribution in [0.1, 0.15) is 32.6 Å². The highest BCUT2D eigenvalue weighted by atomic mass is 16.5. The van der Waals surface area contributed by atoms with Crippen molar-refractivity contribution in [2.45, 2.75) is 32.6 Å². The molecule has 0 aliphatic carbocycles. The molecular weight excluding hydrogens is 336 g/mol. The zero-order valence-electron chi connectivity index (χ0n) is 15.8. The normalized spacial score (nSPS) is 14.0. The molecule has 1 aromatic heterocycles.